The molecule has 0 spiro atoms. The zero-order valence-electron chi connectivity index (χ0n) is 16.5. The second-order valence-corrected chi connectivity index (χ2v) is 7.28. The summed E-state index contributed by atoms with van der Waals surface area (Å²) >= 11 is 0. The molecule has 0 aliphatic heterocycles. The molecule has 3 aromatic heterocycles. The minimum absolute atomic E-state index is 0.0226. The minimum atomic E-state index is -0.0226. The zero-order valence-corrected chi connectivity index (χ0v) is 16.5. The van der Waals surface area contributed by atoms with Crippen LogP contribution >= 0.6 is 0 Å². The Balaban J connectivity index is 1.74. The largest absolute Gasteiger partial charge is 0.371 e. The second kappa shape index (κ2) is 6.99. The number of aryl methyl sites for hydroxylation is 1. The number of hydrogen-bond acceptors (Lipinski definition) is 4. The van der Waals surface area contributed by atoms with E-state index in [0.29, 0.717) is 6.54 Å². The molecule has 0 aliphatic carbocycles. The van der Waals surface area contributed by atoms with Gasteiger partial charge in [0.05, 0.1) is 11.8 Å². The van der Waals surface area contributed by atoms with Gasteiger partial charge in [-0.15, -0.1) is 0 Å². The second-order valence-electron chi connectivity index (χ2n) is 7.28. The Kier molecular flexibility index (Phi) is 4.50. The van der Waals surface area contributed by atoms with Crippen molar-refractivity contribution in [2.45, 2.75) is 20.4 Å². The van der Waals surface area contributed by atoms with E-state index < -0.39 is 0 Å². The summed E-state index contributed by atoms with van der Waals surface area (Å²) in [5.41, 5.74) is 5.80. The molecule has 3 N–H and O–H groups in total. The van der Waals surface area contributed by atoms with Gasteiger partial charge in [0.25, 0.3) is 0 Å². The van der Waals surface area contributed by atoms with Crippen LogP contribution in [-0.2, 0) is 18.4 Å². The molecule has 0 fully saturated rings. The summed E-state index contributed by atoms with van der Waals surface area (Å²) in [4.78, 5) is 24.4. The Hall–Kier alpha value is -3.35. The summed E-state index contributed by atoms with van der Waals surface area (Å²) in [5.74, 6) is 0.783. The van der Waals surface area contributed by atoms with Crippen LogP contribution in [0.3, 0.4) is 0 Å². The van der Waals surface area contributed by atoms with Crippen LogP contribution < -0.4 is 10.6 Å². The van der Waals surface area contributed by atoms with Gasteiger partial charge in [-0.05, 0) is 23.3 Å². The van der Waals surface area contributed by atoms with Gasteiger partial charge >= 0.3 is 0 Å². The first-order valence-electron chi connectivity index (χ1n) is 9.36. The summed E-state index contributed by atoms with van der Waals surface area (Å²) in [6.45, 7) is 4.29. The first-order chi connectivity index (χ1) is 13.5. The highest BCUT2D eigenvalue weighted by Crippen LogP contribution is 2.31. The van der Waals surface area contributed by atoms with Gasteiger partial charge in [-0.1, -0.05) is 32.0 Å². The van der Waals surface area contributed by atoms with E-state index in [1.165, 1.54) is 0 Å². The highest BCUT2D eigenvalue weighted by atomic mass is 16.1. The number of nitrogens with one attached hydrogen (secondary N) is 3. The number of nitrogens with zero attached hydrogens (tertiary/aromatic N) is 3. The summed E-state index contributed by atoms with van der Waals surface area (Å²) < 4.78 is 2.01. The molecule has 7 heteroatoms. The molecular formula is C21H24N6O. The van der Waals surface area contributed by atoms with Gasteiger partial charge in [-0.2, -0.15) is 0 Å². The first kappa shape index (κ1) is 18.0. The number of carbonyl (C=O) groups is 1. The SMILES string of the molecule is CNc1nc2[nH]c(-c3cccc(CNC(=O)C(C)C)c3)cc2c2c1ncn2C. The van der Waals surface area contributed by atoms with Crippen molar-refractivity contribution in [2.75, 3.05) is 12.4 Å². The van der Waals surface area contributed by atoms with E-state index >= 15 is 0 Å². The third kappa shape index (κ3) is 3.09. The summed E-state index contributed by atoms with van der Waals surface area (Å²) in [6, 6.07) is 10.3. The number of aromatic nitrogens is 4. The molecule has 0 atom stereocenters. The number of H-pyrrole nitrogens is 1. The maximum atomic E-state index is 11.8. The number of carbonyl (C=O) groups excluding carboxylic acids is 1. The lowest BCUT2D eigenvalue weighted by molar-refractivity contribution is -0.124. The van der Waals surface area contributed by atoms with Crippen LogP contribution in [0.25, 0.3) is 33.3 Å². The predicted molar refractivity (Wildman–Crippen MR) is 112 cm³/mol. The van der Waals surface area contributed by atoms with E-state index in [9.17, 15) is 4.79 Å². The third-order valence-electron chi connectivity index (χ3n) is 4.90. The van der Waals surface area contributed by atoms with Gasteiger partial charge in [0.2, 0.25) is 5.91 Å². The molecule has 0 radical (unpaired) electrons. The van der Waals surface area contributed by atoms with Crippen LogP contribution in [0.15, 0.2) is 36.7 Å². The molecule has 1 amide bonds. The molecule has 144 valence electrons. The zero-order chi connectivity index (χ0) is 19.8. The number of imidazole rings is 1. The standard InChI is InChI=1S/C21H24N6O/c1-12(2)21(28)23-10-13-6-5-7-14(8-13)16-9-15-18-17(24-11-27(18)4)20(22-3)26-19(15)25-16/h5-9,11-12H,10H2,1-4H3,(H,23,28)(H2,22,25,26). The fourth-order valence-corrected chi connectivity index (χ4v) is 3.37. The normalized spacial score (nSPS) is 11.5. The molecule has 0 unspecified atom stereocenters. The molecule has 0 bridgehead atoms. The fourth-order valence-electron chi connectivity index (χ4n) is 3.37. The Bertz CT molecular complexity index is 1170. The Morgan fingerprint density at radius 1 is 1.29 bits per heavy atom. The van der Waals surface area contributed by atoms with Crippen LogP contribution in [0.5, 0.6) is 0 Å². The van der Waals surface area contributed by atoms with E-state index in [0.717, 1.165) is 44.7 Å². The van der Waals surface area contributed by atoms with E-state index in [4.69, 9.17) is 0 Å². The maximum absolute atomic E-state index is 11.8. The maximum Gasteiger partial charge on any atom is 0.222 e. The van der Waals surface area contributed by atoms with Gasteiger partial charge in [0.15, 0.2) is 5.82 Å². The molecule has 7 nitrogen and oxygen atoms in total. The third-order valence-corrected chi connectivity index (χ3v) is 4.90. The molecular weight excluding hydrogens is 352 g/mol. The number of rotatable bonds is 5. The average Bonchev–Trinajstić information content (AvgIpc) is 3.29. The van der Waals surface area contributed by atoms with Crippen molar-refractivity contribution in [2.24, 2.45) is 13.0 Å². The Morgan fingerprint density at radius 2 is 2.11 bits per heavy atom. The van der Waals surface area contributed by atoms with E-state index in [-0.39, 0.29) is 11.8 Å². The van der Waals surface area contributed by atoms with Crippen molar-refractivity contribution < 1.29 is 4.79 Å². The number of pyridine rings is 1. The quantitative estimate of drug-likeness (QED) is 0.498. The topological polar surface area (TPSA) is 87.6 Å². The number of anilines is 1. The number of benzene rings is 1. The molecule has 28 heavy (non-hydrogen) atoms. The molecule has 0 saturated heterocycles. The molecule has 1 aromatic carbocycles. The van der Waals surface area contributed by atoms with Gasteiger partial charge < -0.3 is 20.2 Å². The van der Waals surface area contributed by atoms with Crippen LogP contribution in [0.1, 0.15) is 19.4 Å². The minimum Gasteiger partial charge on any atom is -0.371 e. The lowest BCUT2D eigenvalue weighted by Gasteiger charge is -2.08. The molecule has 3 heterocycles. The summed E-state index contributed by atoms with van der Waals surface area (Å²) in [5, 5.41) is 7.12. The number of amides is 1. The van der Waals surface area contributed by atoms with E-state index in [2.05, 4.69) is 43.8 Å². The van der Waals surface area contributed by atoms with Gasteiger partial charge in [0, 0.05) is 37.6 Å². The number of fused-ring (bicyclic) bond motifs is 3. The van der Waals surface area contributed by atoms with Crippen molar-refractivity contribution in [3.63, 3.8) is 0 Å². The van der Waals surface area contributed by atoms with Gasteiger partial charge in [-0.25, -0.2) is 9.97 Å². The molecule has 4 rings (SSSR count). The van der Waals surface area contributed by atoms with Crippen molar-refractivity contribution >= 4 is 33.8 Å². The monoisotopic (exact) mass is 376 g/mol. The van der Waals surface area contributed by atoms with Crippen LogP contribution in [0.2, 0.25) is 0 Å². The molecule has 0 saturated carbocycles. The van der Waals surface area contributed by atoms with E-state index in [1.54, 1.807) is 6.33 Å². The van der Waals surface area contributed by atoms with Crippen molar-refractivity contribution in [3.8, 4) is 11.3 Å². The predicted octanol–water partition coefficient (Wildman–Crippen LogP) is 3.43. The lowest BCUT2D eigenvalue weighted by atomic mass is 10.1. The molecule has 4 aromatic rings. The van der Waals surface area contributed by atoms with Crippen LogP contribution in [0, 0.1) is 5.92 Å². The highest BCUT2D eigenvalue weighted by Gasteiger charge is 2.15. The summed E-state index contributed by atoms with van der Waals surface area (Å²) in [6.07, 6.45) is 1.80. The van der Waals surface area contributed by atoms with Gasteiger partial charge in [0.1, 0.15) is 11.2 Å². The Labute approximate surface area is 163 Å². The molecule has 0 aliphatic rings. The number of aromatic amines is 1. The lowest BCUT2D eigenvalue weighted by Crippen LogP contribution is -2.27. The van der Waals surface area contributed by atoms with Crippen LogP contribution in [0.4, 0.5) is 5.82 Å². The first-order valence-corrected chi connectivity index (χ1v) is 9.36. The number of hydrogen-bond donors (Lipinski definition) is 3. The van der Waals surface area contributed by atoms with Crippen molar-refractivity contribution in [1.29, 1.82) is 0 Å². The highest BCUT2D eigenvalue weighted by molar-refractivity contribution is 6.07. The fraction of sp³-hybridized carbons (Fsp3) is 0.286. The average molecular weight is 376 g/mol. The van der Waals surface area contributed by atoms with Crippen LogP contribution in [-0.4, -0.2) is 32.5 Å². The van der Waals surface area contributed by atoms with Crippen molar-refractivity contribution in [3.05, 3.63) is 42.2 Å². The smallest absolute Gasteiger partial charge is 0.222 e. The van der Waals surface area contributed by atoms with E-state index in [1.807, 2.05) is 44.6 Å². The van der Waals surface area contributed by atoms with Gasteiger partial charge in [-0.3, -0.25) is 4.79 Å². The van der Waals surface area contributed by atoms with Crippen molar-refractivity contribution in [1.82, 2.24) is 24.8 Å². The summed E-state index contributed by atoms with van der Waals surface area (Å²) in [7, 11) is 3.83. The Morgan fingerprint density at radius 3 is 2.86 bits per heavy atom.